The molecule has 1 atom stereocenters. The standard InChI is InChI=1S/C35H44N6O8S/c1-23-19-29(49-18-4-6-31(43)37-17-16-36-22-42)20-24(2)32(23)50(47,48)41-30(35(45)46)21-39-34(44)27-10-7-25(8-11-27)9-13-28-14-12-26-5-3-15-38-33(26)40-28/h7-8,10-12,14,19-20,22,30,41H,3-6,9,13,15-18,21H2,1-2H3,(H,36,42)(H,37,43)(H,38,40)(H,39,44)(H,45,46). The number of amides is 3. The number of hydrogen-bond acceptors (Lipinski definition) is 9. The average molecular weight is 709 g/mol. The number of sulfonamides is 1. The van der Waals surface area contributed by atoms with Crippen molar-refractivity contribution < 1.29 is 37.4 Å². The zero-order valence-electron chi connectivity index (χ0n) is 28.2. The van der Waals surface area contributed by atoms with Gasteiger partial charge in [0.25, 0.3) is 5.91 Å². The van der Waals surface area contributed by atoms with Crippen LogP contribution in [0.25, 0.3) is 0 Å². The molecule has 4 rings (SSSR count). The van der Waals surface area contributed by atoms with Gasteiger partial charge in [0.05, 0.1) is 11.5 Å². The number of ether oxygens (including phenoxy) is 1. The van der Waals surface area contributed by atoms with E-state index in [-0.39, 0.29) is 23.8 Å². The summed E-state index contributed by atoms with van der Waals surface area (Å²) >= 11 is 0. The molecule has 1 aromatic heterocycles. The summed E-state index contributed by atoms with van der Waals surface area (Å²) in [6.07, 6.45) is 4.76. The number of aromatic nitrogens is 1. The molecule has 0 spiro atoms. The molecule has 2 heterocycles. The van der Waals surface area contributed by atoms with Gasteiger partial charge in [-0.25, -0.2) is 13.4 Å². The fourth-order valence-corrected chi connectivity index (χ4v) is 7.23. The Balaban J connectivity index is 1.27. The second-order valence-electron chi connectivity index (χ2n) is 12.0. The third kappa shape index (κ3) is 11.0. The number of pyridine rings is 1. The summed E-state index contributed by atoms with van der Waals surface area (Å²) in [6.45, 7) is 4.43. The monoisotopic (exact) mass is 708 g/mol. The molecule has 2 aromatic carbocycles. The van der Waals surface area contributed by atoms with Crippen LogP contribution >= 0.6 is 0 Å². The van der Waals surface area contributed by atoms with Crippen molar-refractivity contribution in [1.29, 1.82) is 0 Å². The molecule has 268 valence electrons. The first-order valence-corrected chi connectivity index (χ1v) is 18.0. The molecule has 50 heavy (non-hydrogen) atoms. The van der Waals surface area contributed by atoms with Crippen molar-refractivity contribution in [2.24, 2.45) is 0 Å². The van der Waals surface area contributed by atoms with E-state index in [2.05, 4.69) is 32.1 Å². The molecule has 14 nitrogen and oxygen atoms in total. The van der Waals surface area contributed by atoms with Gasteiger partial charge in [0.2, 0.25) is 22.3 Å². The van der Waals surface area contributed by atoms with Crippen LogP contribution in [0, 0.1) is 13.8 Å². The second-order valence-corrected chi connectivity index (χ2v) is 13.7. The van der Waals surface area contributed by atoms with Gasteiger partial charge in [0.1, 0.15) is 17.6 Å². The number of benzene rings is 2. The van der Waals surface area contributed by atoms with Crippen molar-refractivity contribution in [3.05, 3.63) is 82.0 Å². The Kier molecular flexibility index (Phi) is 13.7. The first kappa shape index (κ1) is 37.8. The summed E-state index contributed by atoms with van der Waals surface area (Å²) in [4.78, 5) is 51.6. The normalized spacial score (nSPS) is 12.9. The number of aryl methyl sites for hydroxylation is 5. The fourth-order valence-electron chi connectivity index (χ4n) is 5.59. The number of anilines is 1. The predicted octanol–water partition coefficient (Wildman–Crippen LogP) is 2.02. The number of fused-ring (bicyclic) bond motifs is 1. The Morgan fingerprint density at radius 2 is 1.76 bits per heavy atom. The van der Waals surface area contributed by atoms with E-state index in [4.69, 9.17) is 9.72 Å². The fraction of sp³-hybridized carbons (Fsp3) is 0.400. The SMILES string of the molecule is Cc1cc(OCCCC(=O)NCCNC=O)cc(C)c1S(=O)(=O)NC(CNC(=O)c1ccc(CCc2ccc3c(n2)NCCC3)cc1)C(=O)O. The van der Waals surface area contributed by atoms with Crippen LogP contribution in [0.5, 0.6) is 5.75 Å². The van der Waals surface area contributed by atoms with Gasteiger partial charge < -0.3 is 31.1 Å². The Labute approximate surface area is 291 Å². The zero-order valence-corrected chi connectivity index (χ0v) is 29.0. The van der Waals surface area contributed by atoms with Crippen molar-refractivity contribution in [2.45, 2.75) is 63.3 Å². The van der Waals surface area contributed by atoms with Crippen molar-refractivity contribution in [1.82, 2.24) is 25.7 Å². The van der Waals surface area contributed by atoms with E-state index in [9.17, 15) is 32.7 Å². The van der Waals surface area contributed by atoms with Gasteiger partial charge in [-0.05, 0) is 98.5 Å². The molecule has 1 aliphatic heterocycles. The highest BCUT2D eigenvalue weighted by molar-refractivity contribution is 7.89. The van der Waals surface area contributed by atoms with Crippen LogP contribution in [0.1, 0.15) is 57.6 Å². The Morgan fingerprint density at radius 3 is 2.46 bits per heavy atom. The summed E-state index contributed by atoms with van der Waals surface area (Å²) in [5.74, 6) is -0.826. The van der Waals surface area contributed by atoms with Crippen molar-refractivity contribution in [3.63, 3.8) is 0 Å². The number of carbonyl (C=O) groups is 4. The van der Waals surface area contributed by atoms with Gasteiger partial charge in [-0.15, -0.1) is 0 Å². The van der Waals surface area contributed by atoms with E-state index in [1.807, 2.05) is 18.2 Å². The number of aliphatic carboxylic acids is 1. The molecule has 0 aliphatic carbocycles. The lowest BCUT2D eigenvalue weighted by Gasteiger charge is -2.19. The number of carboxylic acid groups (broad SMARTS) is 1. The number of carbonyl (C=O) groups excluding carboxylic acids is 3. The van der Waals surface area contributed by atoms with Crippen LogP contribution in [-0.2, 0) is 43.7 Å². The quantitative estimate of drug-likeness (QED) is 0.0790. The summed E-state index contributed by atoms with van der Waals surface area (Å²) < 4.78 is 34.6. The largest absolute Gasteiger partial charge is 0.494 e. The Hall–Kier alpha value is -5.02. The molecule has 3 amide bonds. The molecule has 1 aliphatic rings. The topological polar surface area (TPSA) is 205 Å². The van der Waals surface area contributed by atoms with Crippen LogP contribution in [-0.4, -0.2) is 81.5 Å². The van der Waals surface area contributed by atoms with Gasteiger partial charge >= 0.3 is 5.97 Å². The van der Waals surface area contributed by atoms with Crippen LogP contribution < -0.4 is 30.7 Å². The number of nitrogens with zero attached hydrogens (tertiary/aromatic N) is 1. The molecule has 0 saturated carbocycles. The third-order valence-corrected chi connectivity index (χ3v) is 9.87. The van der Waals surface area contributed by atoms with Crippen LogP contribution in [0.2, 0.25) is 0 Å². The molecular formula is C35H44N6O8S. The van der Waals surface area contributed by atoms with Crippen LogP contribution in [0.15, 0.2) is 53.4 Å². The van der Waals surface area contributed by atoms with E-state index in [0.29, 0.717) is 48.4 Å². The molecule has 0 saturated heterocycles. The minimum Gasteiger partial charge on any atom is -0.494 e. The minimum absolute atomic E-state index is 0.0943. The van der Waals surface area contributed by atoms with Gasteiger partial charge in [0, 0.05) is 43.9 Å². The maximum atomic E-state index is 13.3. The molecule has 1 unspecified atom stereocenters. The molecular weight excluding hydrogens is 664 g/mol. The molecule has 6 N–H and O–H groups in total. The van der Waals surface area contributed by atoms with Crippen molar-refractivity contribution in [3.8, 4) is 5.75 Å². The number of carboxylic acids is 1. The van der Waals surface area contributed by atoms with Crippen LogP contribution in [0.3, 0.4) is 0 Å². The molecule has 0 radical (unpaired) electrons. The summed E-state index contributed by atoms with van der Waals surface area (Å²) in [7, 11) is -4.31. The van der Waals surface area contributed by atoms with E-state index < -0.39 is 34.5 Å². The highest BCUT2D eigenvalue weighted by atomic mass is 32.2. The number of nitrogens with one attached hydrogen (secondary N) is 5. The molecule has 0 bridgehead atoms. The highest BCUT2D eigenvalue weighted by Gasteiger charge is 2.29. The molecule has 0 fully saturated rings. The van der Waals surface area contributed by atoms with Crippen LogP contribution in [0.4, 0.5) is 5.82 Å². The maximum absolute atomic E-state index is 13.3. The third-order valence-electron chi connectivity index (χ3n) is 8.09. The lowest BCUT2D eigenvalue weighted by Crippen LogP contribution is -2.48. The lowest BCUT2D eigenvalue weighted by atomic mass is 10.0. The van der Waals surface area contributed by atoms with E-state index >= 15 is 0 Å². The smallest absolute Gasteiger partial charge is 0.323 e. The Bertz CT molecular complexity index is 1760. The minimum atomic E-state index is -4.31. The van der Waals surface area contributed by atoms with Gasteiger partial charge in [-0.3, -0.25) is 19.2 Å². The Morgan fingerprint density at radius 1 is 1.02 bits per heavy atom. The van der Waals surface area contributed by atoms with Gasteiger partial charge in [-0.2, -0.15) is 4.72 Å². The number of rotatable bonds is 19. The van der Waals surface area contributed by atoms with E-state index in [1.165, 1.54) is 17.7 Å². The van der Waals surface area contributed by atoms with E-state index in [0.717, 1.165) is 49.3 Å². The summed E-state index contributed by atoms with van der Waals surface area (Å²) in [5, 5.41) is 20.8. The zero-order chi connectivity index (χ0) is 36.1. The van der Waals surface area contributed by atoms with Gasteiger partial charge in [0.15, 0.2) is 0 Å². The maximum Gasteiger partial charge on any atom is 0.323 e. The van der Waals surface area contributed by atoms with Crippen molar-refractivity contribution >= 4 is 40.0 Å². The first-order valence-electron chi connectivity index (χ1n) is 16.5. The summed E-state index contributed by atoms with van der Waals surface area (Å²) in [6, 6.07) is 12.5. The highest BCUT2D eigenvalue weighted by Crippen LogP contribution is 2.26. The molecule has 15 heteroatoms. The second kappa shape index (κ2) is 18.1. The molecule has 3 aromatic rings. The van der Waals surface area contributed by atoms with Gasteiger partial charge in [-0.1, -0.05) is 18.2 Å². The summed E-state index contributed by atoms with van der Waals surface area (Å²) in [5.41, 5.74) is 4.20. The number of hydrogen-bond donors (Lipinski definition) is 6. The van der Waals surface area contributed by atoms with E-state index in [1.54, 1.807) is 26.0 Å². The predicted molar refractivity (Wildman–Crippen MR) is 187 cm³/mol. The first-order chi connectivity index (χ1) is 24.0. The lowest BCUT2D eigenvalue weighted by molar-refractivity contribution is -0.138. The average Bonchev–Trinajstić information content (AvgIpc) is 3.09. The van der Waals surface area contributed by atoms with Crippen molar-refractivity contribution in [2.75, 3.05) is 38.1 Å².